The molecule has 0 aliphatic heterocycles. The first kappa shape index (κ1) is 18.0. The summed E-state index contributed by atoms with van der Waals surface area (Å²) in [6.07, 6.45) is -0.595. The Morgan fingerprint density at radius 1 is 1.12 bits per heavy atom. The quantitative estimate of drug-likeness (QED) is 0.701. The van der Waals surface area contributed by atoms with Crippen LogP contribution in [0.25, 0.3) is 11.0 Å². The van der Waals surface area contributed by atoms with Crippen LogP contribution in [0.1, 0.15) is 38.2 Å². The van der Waals surface area contributed by atoms with Crippen molar-refractivity contribution in [1.29, 1.82) is 0 Å². The van der Waals surface area contributed by atoms with Crippen molar-refractivity contribution in [2.75, 3.05) is 0 Å². The summed E-state index contributed by atoms with van der Waals surface area (Å²) in [5.74, 6) is 1.48. The van der Waals surface area contributed by atoms with Crippen LogP contribution in [0.4, 0.5) is 0 Å². The summed E-state index contributed by atoms with van der Waals surface area (Å²) < 4.78 is 5.79. The monoisotopic (exact) mass is 351 g/mol. The minimum atomic E-state index is -0.595. The van der Waals surface area contributed by atoms with E-state index >= 15 is 0 Å². The fraction of sp³-hybridized carbons (Fsp3) is 0.333. The molecule has 2 atom stereocenters. The van der Waals surface area contributed by atoms with E-state index in [9.17, 15) is 4.79 Å². The number of carbonyl (C=O) groups is 1. The number of para-hydroxylation sites is 2. The molecule has 0 aliphatic rings. The van der Waals surface area contributed by atoms with Crippen molar-refractivity contribution in [1.82, 2.24) is 15.3 Å². The molecule has 0 saturated heterocycles. The van der Waals surface area contributed by atoms with Crippen LogP contribution in [0.15, 0.2) is 48.5 Å². The zero-order chi connectivity index (χ0) is 18.7. The third-order valence-electron chi connectivity index (χ3n) is 4.34. The summed E-state index contributed by atoms with van der Waals surface area (Å²) in [6.45, 7) is 7.87. The number of nitrogens with zero attached hydrogens (tertiary/aromatic N) is 1. The molecule has 0 saturated carbocycles. The van der Waals surface area contributed by atoms with Crippen molar-refractivity contribution in [2.45, 2.75) is 39.8 Å². The van der Waals surface area contributed by atoms with Crippen LogP contribution < -0.4 is 10.1 Å². The highest BCUT2D eigenvalue weighted by atomic mass is 16.5. The minimum Gasteiger partial charge on any atom is -0.481 e. The van der Waals surface area contributed by atoms with Gasteiger partial charge >= 0.3 is 0 Å². The first-order valence-electron chi connectivity index (χ1n) is 8.92. The molecular weight excluding hydrogens is 326 g/mol. The first-order valence-corrected chi connectivity index (χ1v) is 8.92. The number of hydrogen-bond acceptors (Lipinski definition) is 3. The number of imidazole rings is 1. The van der Waals surface area contributed by atoms with Crippen LogP contribution in [0.3, 0.4) is 0 Å². The maximum absolute atomic E-state index is 12.7. The average Bonchev–Trinajstić information content (AvgIpc) is 3.02. The largest absolute Gasteiger partial charge is 0.481 e. The van der Waals surface area contributed by atoms with Crippen molar-refractivity contribution in [3.63, 3.8) is 0 Å². The van der Waals surface area contributed by atoms with E-state index in [1.165, 1.54) is 0 Å². The average molecular weight is 351 g/mol. The number of H-pyrrole nitrogens is 1. The zero-order valence-electron chi connectivity index (χ0n) is 15.6. The first-order chi connectivity index (χ1) is 12.4. The molecule has 5 nitrogen and oxygen atoms in total. The Bertz CT molecular complexity index is 868. The molecule has 3 aromatic rings. The van der Waals surface area contributed by atoms with E-state index in [0.29, 0.717) is 5.75 Å². The number of carbonyl (C=O) groups excluding carboxylic acids is 1. The topological polar surface area (TPSA) is 67.0 Å². The lowest BCUT2D eigenvalue weighted by molar-refractivity contribution is -0.128. The lowest BCUT2D eigenvalue weighted by atomic mass is 10.0. The van der Waals surface area contributed by atoms with Crippen LogP contribution in [0, 0.1) is 12.8 Å². The maximum Gasteiger partial charge on any atom is 0.261 e. The molecule has 2 unspecified atom stereocenters. The molecule has 0 bridgehead atoms. The van der Waals surface area contributed by atoms with Gasteiger partial charge in [-0.05, 0) is 49.6 Å². The second kappa shape index (κ2) is 7.60. The van der Waals surface area contributed by atoms with Crippen molar-refractivity contribution >= 4 is 16.9 Å². The van der Waals surface area contributed by atoms with Gasteiger partial charge in [-0.25, -0.2) is 4.98 Å². The van der Waals surface area contributed by atoms with Crippen LogP contribution in [-0.4, -0.2) is 22.0 Å². The molecule has 0 radical (unpaired) electrons. The number of hydrogen-bond donors (Lipinski definition) is 2. The number of benzene rings is 2. The predicted octanol–water partition coefficient (Wildman–Crippen LogP) is 4.15. The SMILES string of the molecule is Cc1cccc(OC(C)C(=O)NC(c2nc3ccccc3[nH]2)C(C)C)c1. The molecule has 136 valence electrons. The second-order valence-electron chi connectivity index (χ2n) is 6.95. The van der Waals surface area contributed by atoms with Gasteiger partial charge < -0.3 is 15.0 Å². The predicted molar refractivity (Wildman–Crippen MR) is 103 cm³/mol. The molecular formula is C21H25N3O2. The Morgan fingerprint density at radius 3 is 2.58 bits per heavy atom. The highest BCUT2D eigenvalue weighted by Gasteiger charge is 2.25. The molecule has 0 spiro atoms. The molecule has 2 aromatic carbocycles. The van der Waals surface area contributed by atoms with Crippen LogP contribution in [0.5, 0.6) is 5.75 Å². The molecule has 0 fully saturated rings. The van der Waals surface area contributed by atoms with Gasteiger partial charge in [-0.15, -0.1) is 0 Å². The minimum absolute atomic E-state index is 0.161. The Labute approximate surface area is 153 Å². The Balaban J connectivity index is 1.73. The lowest BCUT2D eigenvalue weighted by Crippen LogP contribution is -2.40. The number of aromatic amines is 1. The van der Waals surface area contributed by atoms with E-state index in [4.69, 9.17) is 4.74 Å². The number of amides is 1. The summed E-state index contributed by atoms with van der Waals surface area (Å²) in [5.41, 5.74) is 2.95. The van der Waals surface area contributed by atoms with Crippen molar-refractivity contribution < 1.29 is 9.53 Å². The van der Waals surface area contributed by atoms with E-state index < -0.39 is 6.10 Å². The van der Waals surface area contributed by atoms with Crippen LogP contribution in [-0.2, 0) is 4.79 Å². The zero-order valence-corrected chi connectivity index (χ0v) is 15.6. The van der Waals surface area contributed by atoms with Crippen molar-refractivity contribution in [2.24, 2.45) is 5.92 Å². The van der Waals surface area contributed by atoms with E-state index in [1.54, 1.807) is 6.92 Å². The van der Waals surface area contributed by atoms with Crippen molar-refractivity contribution in [3.8, 4) is 5.75 Å². The van der Waals surface area contributed by atoms with Gasteiger partial charge in [-0.2, -0.15) is 0 Å². The van der Waals surface area contributed by atoms with Gasteiger partial charge in [0, 0.05) is 0 Å². The van der Waals surface area contributed by atoms with Gasteiger partial charge in [0.2, 0.25) is 0 Å². The van der Waals surface area contributed by atoms with Crippen LogP contribution in [0.2, 0.25) is 0 Å². The Hall–Kier alpha value is -2.82. The van der Waals surface area contributed by atoms with Gasteiger partial charge in [0.1, 0.15) is 11.6 Å². The molecule has 1 amide bonds. The second-order valence-corrected chi connectivity index (χ2v) is 6.95. The standard InChI is InChI=1S/C21H25N3O2/c1-13(2)19(20-22-17-10-5-6-11-18(17)23-20)24-21(25)15(4)26-16-9-7-8-14(3)12-16/h5-13,15,19H,1-4H3,(H,22,23)(H,24,25). The highest BCUT2D eigenvalue weighted by molar-refractivity contribution is 5.81. The number of rotatable bonds is 6. The van der Waals surface area contributed by atoms with E-state index in [0.717, 1.165) is 22.4 Å². The molecule has 5 heteroatoms. The molecule has 2 N–H and O–H groups in total. The van der Waals surface area contributed by atoms with Gasteiger partial charge in [0.25, 0.3) is 5.91 Å². The number of fused-ring (bicyclic) bond motifs is 1. The van der Waals surface area contributed by atoms with E-state index in [2.05, 4.69) is 29.1 Å². The number of ether oxygens (including phenoxy) is 1. The molecule has 3 rings (SSSR count). The fourth-order valence-corrected chi connectivity index (χ4v) is 2.89. The van der Waals surface area contributed by atoms with E-state index in [1.807, 2.05) is 55.5 Å². The number of nitrogens with one attached hydrogen (secondary N) is 2. The van der Waals surface area contributed by atoms with Crippen molar-refractivity contribution in [3.05, 3.63) is 59.9 Å². The highest BCUT2D eigenvalue weighted by Crippen LogP contribution is 2.23. The maximum atomic E-state index is 12.7. The van der Waals surface area contributed by atoms with Gasteiger partial charge in [0.15, 0.2) is 6.10 Å². The normalized spacial score (nSPS) is 13.6. The number of aryl methyl sites for hydroxylation is 1. The van der Waals surface area contributed by atoms with E-state index in [-0.39, 0.29) is 17.9 Å². The fourth-order valence-electron chi connectivity index (χ4n) is 2.89. The van der Waals surface area contributed by atoms with Gasteiger partial charge in [0.05, 0.1) is 17.1 Å². The summed E-state index contributed by atoms with van der Waals surface area (Å²) >= 11 is 0. The number of aromatic nitrogens is 2. The lowest BCUT2D eigenvalue weighted by Gasteiger charge is -2.23. The third kappa shape index (κ3) is 4.04. The third-order valence-corrected chi connectivity index (χ3v) is 4.34. The Morgan fingerprint density at radius 2 is 1.88 bits per heavy atom. The smallest absolute Gasteiger partial charge is 0.261 e. The van der Waals surface area contributed by atoms with Gasteiger partial charge in [-0.3, -0.25) is 4.79 Å². The Kier molecular flexibility index (Phi) is 5.26. The van der Waals surface area contributed by atoms with Gasteiger partial charge in [-0.1, -0.05) is 38.1 Å². The molecule has 0 aliphatic carbocycles. The molecule has 1 heterocycles. The summed E-state index contributed by atoms with van der Waals surface area (Å²) in [5, 5.41) is 3.07. The summed E-state index contributed by atoms with van der Waals surface area (Å²) in [6, 6.07) is 15.3. The van der Waals surface area contributed by atoms with Crippen LogP contribution >= 0.6 is 0 Å². The summed E-state index contributed by atoms with van der Waals surface area (Å²) in [7, 11) is 0. The molecule has 1 aromatic heterocycles. The summed E-state index contributed by atoms with van der Waals surface area (Å²) in [4.78, 5) is 20.6. The molecule has 26 heavy (non-hydrogen) atoms.